The topological polar surface area (TPSA) is 84.9 Å². The van der Waals surface area contributed by atoms with Crippen LogP contribution < -0.4 is 10.1 Å². The SMILES string of the molecule is O=C(N[C@H](CO)C(=O)c1ccc(OC(F)F)cc1)OCc1ccccc1. The van der Waals surface area contributed by atoms with Gasteiger partial charge in [0, 0.05) is 5.56 Å². The summed E-state index contributed by atoms with van der Waals surface area (Å²) in [5.74, 6) is -0.694. The van der Waals surface area contributed by atoms with E-state index >= 15 is 0 Å². The van der Waals surface area contributed by atoms with E-state index in [0.29, 0.717) is 0 Å². The monoisotopic (exact) mass is 365 g/mol. The number of aliphatic hydroxyl groups is 1. The Morgan fingerprint density at radius 1 is 1.04 bits per heavy atom. The minimum atomic E-state index is -2.97. The number of Topliss-reactive ketones (excluding diaryl/α,β-unsaturated/α-hetero) is 1. The zero-order valence-electron chi connectivity index (χ0n) is 13.6. The maximum atomic E-state index is 12.3. The van der Waals surface area contributed by atoms with E-state index in [1.54, 1.807) is 24.3 Å². The molecule has 2 N–H and O–H groups in total. The first-order chi connectivity index (χ1) is 12.5. The summed E-state index contributed by atoms with van der Waals surface area (Å²) in [5, 5.41) is 11.6. The highest BCUT2D eigenvalue weighted by Crippen LogP contribution is 2.16. The molecule has 0 saturated heterocycles. The Hall–Kier alpha value is -3.00. The number of ether oxygens (including phenoxy) is 2. The molecule has 8 heteroatoms. The molecule has 0 bridgehead atoms. The van der Waals surface area contributed by atoms with Gasteiger partial charge in [0.2, 0.25) is 0 Å². The van der Waals surface area contributed by atoms with Crippen molar-refractivity contribution in [1.29, 1.82) is 0 Å². The van der Waals surface area contributed by atoms with Gasteiger partial charge >= 0.3 is 12.7 Å². The van der Waals surface area contributed by atoms with Crippen LogP contribution >= 0.6 is 0 Å². The van der Waals surface area contributed by atoms with E-state index in [1.165, 1.54) is 24.3 Å². The molecule has 2 rings (SSSR count). The number of ketones is 1. The van der Waals surface area contributed by atoms with E-state index in [-0.39, 0.29) is 17.9 Å². The molecule has 0 fully saturated rings. The summed E-state index contributed by atoms with van der Waals surface area (Å²) >= 11 is 0. The number of hydrogen-bond acceptors (Lipinski definition) is 5. The Bertz CT molecular complexity index is 722. The summed E-state index contributed by atoms with van der Waals surface area (Å²) in [5.41, 5.74) is 0.887. The van der Waals surface area contributed by atoms with Gasteiger partial charge in [-0.2, -0.15) is 8.78 Å². The van der Waals surface area contributed by atoms with Crippen LogP contribution in [0.4, 0.5) is 13.6 Å². The van der Waals surface area contributed by atoms with Crippen LogP contribution in [0.1, 0.15) is 15.9 Å². The Morgan fingerprint density at radius 3 is 2.27 bits per heavy atom. The lowest BCUT2D eigenvalue weighted by Crippen LogP contribution is -2.43. The number of carbonyl (C=O) groups excluding carboxylic acids is 2. The second kappa shape index (κ2) is 9.47. The Labute approximate surface area is 148 Å². The van der Waals surface area contributed by atoms with Crippen LogP contribution in [0.3, 0.4) is 0 Å². The fourth-order valence-electron chi connectivity index (χ4n) is 2.10. The quantitative estimate of drug-likeness (QED) is 0.703. The summed E-state index contributed by atoms with van der Waals surface area (Å²) in [6.45, 7) is -3.60. The number of aliphatic hydroxyl groups excluding tert-OH is 1. The van der Waals surface area contributed by atoms with Crippen LogP contribution in [-0.2, 0) is 11.3 Å². The molecule has 0 aliphatic rings. The van der Waals surface area contributed by atoms with Crippen LogP contribution in [0, 0.1) is 0 Å². The molecule has 0 heterocycles. The van der Waals surface area contributed by atoms with E-state index in [1.807, 2.05) is 6.07 Å². The molecule has 0 spiro atoms. The van der Waals surface area contributed by atoms with Crippen molar-refractivity contribution in [3.8, 4) is 5.75 Å². The molecule has 0 aliphatic carbocycles. The van der Waals surface area contributed by atoms with Gasteiger partial charge in [-0.25, -0.2) is 4.79 Å². The summed E-state index contributed by atoms with van der Waals surface area (Å²) in [7, 11) is 0. The highest BCUT2D eigenvalue weighted by molar-refractivity contribution is 6.01. The minimum Gasteiger partial charge on any atom is -0.445 e. The van der Waals surface area contributed by atoms with Gasteiger partial charge in [0.15, 0.2) is 5.78 Å². The van der Waals surface area contributed by atoms with E-state index in [2.05, 4.69) is 10.1 Å². The molecule has 0 saturated carbocycles. The number of nitrogens with one attached hydrogen (secondary N) is 1. The van der Waals surface area contributed by atoms with E-state index in [9.17, 15) is 23.5 Å². The standard InChI is InChI=1S/C18H17F2NO5/c19-17(20)26-14-8-6-13(7-9-14)16(23)15(10-22)21-18(24)25-11-12-4-2-1-3-5-12/h1-9,15,17,22H,10-11H2,(H,21,24)/t15-/m1/s1. The molecule has 138 valence electrons. The smallest absolute Gasteiger partial charge is 0.408 e. The Balaban J connectivity index is 1.92. The highest BCUT2D eigenvalue weighted by atomic mass is 19.3. The van der Waals surface area contributed by atoms with E-state index in [4.69, 9.17) is 4.74 Å². The van der Waals surface area contributed by atoms with E-state index in [0.717, 1.165) is 5.56 Å². The Kier molecular flexibility index (Phi) is 7.04. The molecule has 26 heavy (non-hydrogen) atoms. The first kappa shape index (κ1) is 19.3. The molecular weight excluding hydrogens is 348 g/mol. The third-order valence-corrected chi connectivity index (χ3v) is 3.37. The molecule has 2 aromatic rings. The lowest BCUT2D eigenvalue weighted by Gasteiger charge is -2.15. The summed E-state index contributed by atoms with van der Waals surface area (Å²) < 4.78 is 33.4. The fraction of sp³-hybridized carbons (Fsp3) is 0.222. The van der Waals surface area contributed by atoms with Crippen molar-refractivity contribution in [1.82, 2.24) is 5.32 Å². The number of carbonyl (C=O) groups is 2. The fourth-order valence-corrected chi connectivity index (χ4v) is 2.10. The van der Waals surface area contributed by atoms with Gasteiger partial charge in [0.1, 0.15) is 18.4 Å². The number of rotatable bonds is 8. The molecule has 1 atom stereocenters. The first-order valence-corrected chi connectivity index (χ1v) is 7.66. The van der Waals surface area contributed by atoms with Crippen LogP contribution in [0.15, 0.2) is 54.6 Å². The van der Waals surface area contributed by atoms with Gasteiger partial charge in [0.25, 0.3) is 0 Å². The molecule has 0 aromatic heterocycles. The number of hydrogen-bond donors (Lipinski definition) is 2. The van der Waals surface area contributed by atoms with Gasteiger partial charge in [-0.3, -0.25) is 4.79 Å². The summed E-state index contributed by atoms with van der Waals surface area (Å²) in [6.07, 6.45) is -0.862. The maximum absolute atomic E-state index is 12.3. The van der Waals surface area contributed by atoms with Crippen molar-refractivity contribution in [3.63, 3.8) is 0 Å². The molecule has 6 nitrogen and oxygen atoms in total. The predicted octanol–water partition coefficient (Wildman–Crippen LogP) is 2.76. The van der Waals surface area contributed by atoms with Crippen molar-refractivity contribution in [2.24, 2.45) is 0 Å². The summed E-state index contributed by atoms with van der Waals surface area (Å²) in [4.78, 5) is 24.1. The number of amides is 1. The number of alkyl carbamates (subject to hydrolysis) is 1. The molecular formula is C18H17F2NO5. The number of benzene rings is 2. The number of halogens is 2. The third-order valence-electron chi connectivity index (χ3n) is 3.37. The van der Waals surface area contributed by atoms with Crippen LogP contribution in [0.2, 0.25) is 0 Å². The van der Waals surface area contributed by atoms with Crippen molar-refractivity contribution in [2.75, 3.05) is 6.61 Å². The highest BCUT2D eigenvalue weighted by Gasteiger charge is 2.22. The third kappa shape index (κ3) is 5.82. The van der Waals surface area contributed by atoms with Crippen LogP contribution in [-0.4, -0.2) is 36.2 Å². The van der Waals surface area contributed by atoms with Gasteiger partial charge in [0.05, 0.1) is 6.61 Å². The second-order valence-corrected chi connectivity index (χ2v) is 5.21. The van der Waals surface area contributed by atoms with Crippen molar-refractivity contribution >= 4 is 11.9 Å². The van der Waals surface area contributed by atoms with Crippen LogP contribution in [0.5, 0.6) is 5.75 Å². The van der Waals surface area contributed by atoms with Crippen molar-refractivity contribution in [2.45, 2.75) is 19.3 Å². The lowest BCUT2D eigenvalue weighted by atomic mass is 10.0. The lowest BCUT2D eigenvalue weighted by molar-refractivity contribution is -0.0498. The normalized spacial score (nSPS) is 11.7. The largest absolute Gasteiger partial charge is 0.445 e. The van der Waals surface area contributed by atoms with Gasteiger partial charge in [-0.05, 0) is 29.8 Å². The summed E-state index contributed by atoms with van der Waals surface area (Å²) in [6, 6.07) is 12.6. The van der Waals surface area contributed by atoms with Gasteiger partial charge in [-0.1, -0.05) is 30.3 Å². The molecule has 0 radical (unpaired) electrons. The van der Waals surface area contributed by atoms with Crippen LogP contribution in [0.25, 0.3) is 0 Å². The predicted molar refractivity (Wildman–Crippen MR) is 88.0 cm³/mol. The molecule has 2 aromatic carbocycles. The zero-order chi connectivity index (χ0) is 18.9. The molecule has 0 unspecified atom stereocenters. The molecule has 1 amide bonds. The number of alkyl halides is 2. The Morgan fingerprint density at radius 2 is 1.69 bits per heavy atom. The minimum absolute atomic E-state index is 0.0126. The first-order valence-electron chi connectivity index (χ1n) is 7.66. The average Bonchev–Trinajstić information content (AvgIpc) is 2.65. The molecule has 0 aliphatic heterocycles. The average molecular weight is 365 g/mol. The van der Waals surface area contributed by atoms with Crippen molar-refractivity contribution < 1.29 is 33.0 Å². The second-order valence-electron chi connectivity index (χ2n) is 5.21. The van der Waals surface area contributed by atoms with Gasteiger partial charge in [-0.15, -0.1) is 0 Å². The van der Waals surface area contributed by atoms with Gasteiger partial charge < -0.3 is 19.9 Å². The maximum Gasteiger partial charge on any atom is 0.408 e. The zero-order valence-corrected chi connectivity index (χ0v) is 13.6. The van der Waals surface area contributed by atoms with E-state index < -0.39 is 31.1 Å². The van der Waals surface area contributed by atoms with Crippen molar-refractivity contribution in [3.05, 3.63) is 65.7 Å².